The van der Waals surface area contributed by atoms with Crippen molar-refractivity contribution in [2.24, 2.45) is 0 Å². The Kier molecular flexibility index (Phi) is 3.33. The molecule has 1 aromatic carbocycles. The number of para-hydroxylation sites is 1. The second-order valence-electron chi connectivity index (χ2n) is 4.24. The molecule has 17 heavy (non-hydrogen) atoms. The van der Waals surface area contributed by atoms with Gasteiger partial charge >= 0.3 is 5.97 Å². The molecule has 0 spiro atoms. The van der Waals surface area contributed by atoms with Gasteiger partial charge in [0, 0.05) is 5.69 Å². The van der Waals surface area contributed by atoms with Gasteiger partial charge in [-0.15, -0.1) is 0 Å². The van der Waals surface area contributed by atoms with E-state index in [1.807, 2.05) is 31.2 Å². The van der Waals surface area contributed by atoms with Gasteiger partial charge in [0.15, 0.2) is 5.54 Å². The summed E-state index contributed by atoms with van der Waals surface area (Å²) in [6, 6.07) is 7.86. The van der Waals surface area contributed by atoms with Crippen LogP contribution in [0.4, 0.5) is 5.69 Å². The van der Waals surface area contributed by atoms with Gasteiger partial charge in [-0.1, -0.05) is 18.2 Å². The average molecular weight is 235 g/mol. The van der Waals surface area contributed by atoms with Crippen molar-refractivity contribution in [3.05, 3.63) is 29.8 Å². The Morgan fingerprint density at radius 3 is 2.71 bits per heavy atom. The minimum atomic E-state index is -0.706. The fourth-order valence-corrected chi connectivity index (χ4v) is 1.79. The molecule has 0 radical (unpaired) electrons. The first kappa shape index (κ1) is 11.9. The van der Waals surface area contributed by atoms with E-state index in [4.69, 9.17) is 9.47 Å². The summed E-state index contributed by atoms with van der Waals surface area (Å²) in [5, 5.41) is 3.25. The van der Waals surface area contributed by atoms with Crippen molar-refractivity contribution in [3.63, 3.8) is 0 Å². The molecule has 0 aromatic heterocycles. The van der Waals surface area contributed by atoms with E-state index in [9.17, 15) is 4.79 Å². The first-order valence-electron chi connectivity index (χ1n) is 5.77. The molecule has 1 saturated heterocycles. The zero-order chi connectivity index (χ0) is 12.3. The SMILES string of the molecule is CCOC(=O)C1(Nc2ccccc2C)COC1. The minimum absolute atomic E-state index is 0.241. The normalized spacial score (nSPS) is 17.1. The van der Waals surface area contributed by atoms with Crippen LogP contribution in [-0.2, 0) is 14.3 Å². The Morgan fingerprint density at radius 1 is 1.47 bits per heavy atom. The van der Waals surface area contributed by atoms with Crippen LogP contribution in [0.5, 0.6) is 0 Å². The van der Waals surface area contributed by atoms with E-state index in [0.717, 1.165) is 11.3 Å². The lowest BCUT2D eigenvalue weighted by Crippen LogP contribution is -2.62. The molecule has 92 valence electrons. The van der Waals surface area contributed by atoms with Gasteiger partial charge in [-0.2, -0.15) is 0 Å². The van der Waals surface area contributed by atoms with Gasteiger partial charge in [-0.25, -0.2) is 4.79 Å². The van der Waals surface area contributed by atoms with Gasteiger partial charge in [-0.05, 0) is 25.5 Å². The largest absolute Gasteiger partial charge is 0.464 e. The van der Waals surface area contributed by atoms with Crippen LogP contribution in [0.15, 0.2) is 24.3 Å². The number of hydrogen-bond donors (Lipinski definition) is 1. The van der Waals surface area contributed by atoms with E-state index in [1.54, 1.807) is 6.92 Å². The van der Waals surface area contributed by atoms with Crippen molar-refractivity contribution in [2.75, 3.05) is 25.1 Å². The summed E-state index contributed by atoms with van der Waals surface area (Å²) in [5.41, 5.74) is 1.34. The lowest BCUT2D eigenvalue weighted by molar-refractivity contribution is -0.164. The molecule has 1 heterocycles. The van der Waals surface area contributed by atoms with E-state index in [1.165, 1.54) is 0 Å². The van der Waals surface area contributed by atoms with Gasteiger partial charge in [0.05, 0.1) is 19.8 Å². The maximum atomic E-state index is 11.9. The van der Waals surface area contributed by atoms with Crippen LogP contribution >= 0.6 is 0 Å². The Morgan fingerprint density at radius 2 is 2.18 bits per heavy atom. The maximum absolute atomic E-state index is 11.9. The summed E-state index contributed by atoms with van der Waals surface area (Å²) in [6.07, 6.45) is 0. The number of hydrogen-bond acceptors (Lipinski definition) is 4. The summed E-state index contributed by atoms with van der Waals surface area (Å²) in [4.78, 5) is 11.9. The highest BCUT2D eigenvalue weighted by Crippen LogP contribution is 2.26. The number of carbonyl (C=O) groups excluding carboxylic acids is 1. The highest BCUT2D eigenvalue weighted by Gasteiger charge is 2.47. The fourth-order valence-electron chi connectivity index (χ4n) is 1.79. The fraction of sp³-hybridized carbons (Fsp3) is 0.462. The van der Waals surface area contributed by atoms with Crippen LogP contribution in [-0.4, -0.2) is 31.3 Å². The summed E-state index contributed by atoms with van der Waals surface area (Å²) >= 11 is 0. The molecule has 4 nitrogen and oxygen atoms in total. The first-order valence-corrected chi connectivity index (χ1v) is 5.77. The highest BCUT2D eigenvalue weighted by atomic mass is 16.6. The summed E-state index contributed by atoms with van der Waals surface area (Å²) < 4.78 is 10.2. The van der Waals surface area contributed by atoms with Crippen LogP contribution < -0.4 is 5.32 Å². The molecule has 1 aliphatic rings. The third-order valence-electron chi connectivity index (χ3n) is 2.88. The van der Waals surface area contributed by atoms with E-state index >= 15 is 0 Å². The molecule has 0 aliphatic carbocycles. The van der Waals surface area contributed by atoms with Crippen molar-refractivity contribution in [1.82, 2.24) is 0 Å². The second-order valence-corrected chi connectivity index (χ2v) is 4.24. The van der Waals surface area contributed by atoms with Crippen molar-refractivity contribution >= 4 is 11.7 Å². The van der Waals surface area contributed by atoms with Crippen LogP contribution in [0.3, 0.4) is 0 Å². The Balaban J connectivity index is 2.15. The van der Waals surface area contributed by atoms with Gasteiger partial charge in [0.1, 0.15) is 0 Å². The van der Waals surface area contributed by atoms with E-state index in [0.29, 0.717) is 19.8 Å². The number of benzene rings is 1. The molecule has 0 bridgehead atoms. The van der Waals surface area contributed by atoms with Gasteiger partial charge < -0.3 is 14.8 Å². The molecule has 1 aromatic rings. The Bertz CT molecular complexity index is 413. The van der Waals surface area contributed by atoms with Crippen molar-refractivity contribution in [3.8, 4) is 0 Å². The minimum Gasteiger partial charge on any atom is -0.464 e. The third-order valence-corrected chi connectivity index (χ3v) is 2.88. The first-order chi connectivity index (χ1) is 8.18. The van der Waals surface area contributed by atoms with Crippen molar-refractivity contribution in [1.29, 1.82) is 0 Å². The number of rotatable bonds is 4. The number of anilines is 1. The van der Waals surface area contributed by atoms with Crippen LogP contribution in [0.1, 0.15) is 12.5 Å². The third kappa shape index (κ3) is 2.26. The predicted octanol–water partition coefficient (Wildman–Crippen LogP) is 1.74. The molecule has 1 aliphatic heterocycles. The average Bonchev–Trinajstić information content (AvgIpc) is 2.26. The van der Waals surface area contributed by atoms with Crippen LogP contribution in [0, 0.1) is 6.92 Å². The second kappa shape index (κ2) is 4.75. The zero-order valence-electron chi connectivity index (χ0n) is 10.2. The highest BCUT2D eigenvalue weighted by molar-refractivity contribution is 5.86. The number of aryl methyl sites for hydroxylation is 1. The molecule has 1 N–H and O–H groups in total. The van der Waals surface area contributed by atoms with Gasteiger partial charge in [-0.3, -0.25) is 0 Å². The molecule has 0 saturated carbocycles. The molecule has 0 unspecified atom stereocenters. The van der Waals surface area contributed by atoms with E-state index < -0.39 is 5.54 Å². The van der Waals surface area contributed by atoms with Crippen molar-refractivity contribution in [2.45, 2.75) is 19.4 Å². The van der Waals surface area contributed by atoms with E-state index in [-0.39, 0.29) is 5.97 Å². The summed E-state index contributed by atoms with van der Waals surface area (Å²) in [7, 11) is 0. The van der Waals surface area contributed by atoms with Crippen molar-refractivity contribution < 1.29 is 14.3 Å². The van der Waals surface area contributed by atoms with E-state index in [2.05, 4.69) is 5.32 Å². The standard InChI is InChI=1S/C13H17NO3/c1-3-17-12(15)13(8-16-9-13)14-11-7-5-4-6-10(11)2/h4-7,14H,3,8-9H2,1-2H3. The number of carbonyl (C=O) groups is 1. The number of ether oxygens (including phenoxy) is 2. The summed E-state index contributed by atoms with van der Waals surface area (Å²) in [5.74, 6) is -0.241. The number of esters is 1. The van der Waals surface area contributed by atoms with Crippen LogP contribution in [0.2, 0.25) is 0 Å². The monoisotopic (exact) mass is 235 g/mol. The van der Waals surface area contributed by atoms with Crippen LogP contribution in [0.25, 0.3) is 0 Å². The van der Waals surface area contributed by atoms with Gasteiger partial charge in [0.2, 0.25) is 0 Å². The van der Waals surface area contributed by atoms with Gasteiger partial charge in [0.25, 0.3) is 0 Å². The smallest absolute Gasteiger partial charge is 0.336 e. The quantitative estimate of drug-likeness (QED) is 0.807. The molecule has 4 heteroatoms. The lowest BCUT2D eigenvalue weighted by Gasteiger charge is -2.40. The molecule has 0 amide bonds. The Hall–Kier alpha value is -1.55. The molecule has 2 rings (SSSR count). The molecular formula is C13H17NO3. The topological polar surface area (TPSA) is 47.6 Å². The predicted molar refractivity (Wildman–Crippen MR) is 65.0 cm³/mol. The number of nitrogens with one attached hydrogen (secondary N) is 1. The molecule has 1 fully saturated rings. The maximum Gasteiger partial charge on any atom is 0.336 e. The molecular weight excluding hydrogens is 218 g/mol. The lowest BCUT2D eigenvalue weighted by atomic mass is 9.96. The molecule has 0 atom stereocenters. The Labute approximate surface area is 101 Å². The zero-order valence-corrected chi connectivity index (χ0v) is 10.2. The summed E-state index contributed by atoms with van der Waals surface area (Å²) in [6.45, 7) is 4.91.